The Balaban J connectivity index is 1.27. The van der Waals surface area contributed by atoms with Crippen molar-refractivity contribution in [2.24, 2.45) is 0 Å². The average molecular weight is 656 g/mol. The Morgan fingerprint density at radius 1 is 0.529 bits per heavy atom. The molecule has 0 aliphatic heterocycles. The lowest BCUT2D eigenvalue weighted by molar-refractivity contribution is 0.477. The third-order valence-electron chi connectivity index (χ3n) is 9.74. The van der Waals surface area contributed by atoms with Crippen LogP contribution in [-0.2, 0) is 0 Å². The molecule has 5 nitrogen and oxygen atoms in total. The summed E-state index contributed by atoms with van der Waals surface area (Å²) in [5.41, 5.74) is 11.0. The Morgan fingerprint density at radius 3 is 2.10 bits per heavy atom. The fourth-order valence-corrected chi connectivity index (χ4v) is 7.43. The second-order valence-electron chi connectivity index (χ2n) is 12.8. The van der Waals surface area contributed by atoms with Crippen LogP contribution in [0.15, 0.2) is 174 Å². The van der Waals surface area contributed by atoms with E-state index in [0.29, 0.717) is 11.4 Å². The summed E-state index contributed by atoms with van der Waals surface area (Å²) in [6.45, 7) is 0. The van der Waals surface area contributed by atoms with Crippen LogP contribution >= 0.6 is 0 Å². The van der Waals surface area contributed by atoms with E-state index in [4.69, 9.17) is 14.4 Å². The van der Waals surface area contributed by atoms with E-state index in [1.807, 2.05) is 54.7 Å². The number of furan rings is 1. The van der Waals surface area contributed by atoms with E-state index >= 15 is 0 Å². The monoisotopic (exact) mass is 655 g/mol. The van der Waals surface area contributed by atoms with Crippen LogP contribution in [0.3, 0.4) is 0 Å². The van der Waals surface area contributed by atoms with Gasteiger partial charge in [-0.15, -0.1) is 0 Å². The van der Waals surface area contributed by atoms with Crippen LogP contribution in [-0.4, -0.2) is 19.6 Å². The van der Waals surface area contributed by atoms with Gasteiger partial charge in [0, 0.05) is 28.4 Å². The Labute approximate surface area is 293 Å². The molecule has 0 fully saturated rings. The van der Waals surface area contributed by atoms with Gasteiger partial charge in [-0.3, -0.25) is 9.55 Å². The third-order valence-corrected chi connectivity index (χ3v) is 9.74. The number of phenolic OH excluding ortho intramolecular Hbond substituents is 1. The first-order valence-electron chi connectivity index (χ1n) is 17.0. The summed E-state index contributed by atoms with van der Waals surface area (Å²) in [4.78, 5) is 10.3. The maximum absolute atomic E-state index is 11.0. The second kappa shape index (κ2) is 11.6. The number of pyridine rings is 1. The van der Waals surface area contributed by atoms with Gasteiger partial charge >= 0.3 is 0 Å². The number of imidazole rings is 1. The zero-order valence-corrected chi connectivity index (χ0v) is 27.4. The predicted molar refractivity (Wildman–Crippen MR) is 207 cm³/mol. The van der Waals surface area contributed by atoms with E-state index in [1.165, 1.54) is 0 Å². The highest BCUT2D eigenvalue weighted by atomic mass is 16.3. The van der Waals surface area contributed by atoms with E-state index in [2.05, 4.69) is 114 Å². The summed E-state index contributed by atoms with van der Waals surface area (Å²) in [5.74, 6) is 0.850. The topological polar surface area (TPSA) is 64.1 Å². The number of benzene rings is 7. The van der Waals surface area contributed by atoms with Crippen molar-refractivity contribution >= 4 is 43.7 Å². The summed E-state index contributed by atoms with van der Waals surface area (Å²) in [7, 11) is 0. The lowest BCUT2D eigenvalue weighted by Gasteiger charge is -2.13. The number of rotatable bonds is 5. The number of hydrogen-bond donors (Lipinski definition) is 1. The number of para-hydroxylation sites is 3. The highest BCUT2D eigenvalue weighted by Gasteiger charge is 2.21. The van der Waals surface area contributed by atoms with Crippen LogP contribution in [0, 0.1) is 0 Å². The number of fused-ring (bicyclic) bond motifs is 6. The molecule has 0 saturated heterocycles. The van der Waals surface area contributed by atoms with Gasteiger partial charge in [0.15, 0.2) is 0 Å². The minimum atomic E-state index is 0.180. The SMILES string of the molecule is Oc1ccccc1-c1nc2c(-c3cc(-c4ccccc4)cc(-c4nccc5oc6ccc7ccccc7c6c45)c3)cccc2n1-c1ccccc1. The lowest BCUT2D eigenvalue weighted by atomic mass is 9.93. The van der Waals surface area contributed by atoms with Gasteiger partial charge in [0.1, 0.15) is 22.7 Å². The summed E-state index contributed by atoms with van der Waals surface area (Å²) in [6, 6.07) is 55.5. The van der Waals surface area contributed by atoms with Crippen molar-refractivity contribution in [2.75, 3.05) is 0 Å². The minimum Gasteiger partial charge on any atom is -0.507 e. The van der Waals surface area contributed by atoms with Gasteiger partial charge in [-0.05, 0) is 88.1 Å². The Kier molecular flexibility index (Phi) is 6.58. The standard InChI is InChI=1S/C46H29N3O2/c50-39-21-10-9-18-37(39)46-48-45-36(19-11-20-38(45)49(46)34-15-5-2-6-16-34)32-26-31(29-12-3-1-4-13-29)27-33(28-32)44-43-41(24-25-47-44)51-40-23-22-30-14-7-8-17-35(30)42(40)43/h1-28,50H. The molecular weight excluding hydrogens is 627 g/mol. The normalized spacial score (nSPS) is 11.6. The highest BCUT2D eigenvalue weighted by molar-refractivity contribution is 6.22. The molecule has 0 spiro atoms. The smallest absolute Gasteiger partial charge is 0.149 e. The Hall–Kier alpha value is -6.98. The van der Waals surface area contributed by atoms with Gasteiger partial charge in [-0.25, -0.2) is 4.98 Å². The number of nitrogens with zero attached hydrogens (tertiary/aromatic N) is 3. The fraction of sp³-hybridized carbons (Fsp3) is 0. The van der Waals surface area contributed by atoms with E-state index < -0.39 is 0 Å². The van der Waals surface area contributed by atoms with E-state index in [0.717, 1.165) is 82.9 Å². The third kappa shape index (κ3) is 4.71. The molecule has 51 heavy (non-hydrogen) atoms. The molecule has 0 bridgehead atoms. The minimum absolute atomic E-state index is 0.180. The van der Waals surface area contributed by atoms with Crippen LogP contribution in [0.4, 0.5) is 0 Å². The second-order valence-corrected chi connectivity index (χ2v) is 12.8. The van der Waals surface area contributed by atoms with Crippen molar-refractivity contribution in [1.29, 1.82) is 0 Å². The molecule has 0 aliphatic carbocycles. The molecule has 1 N–H and O–H groups in total. The first-order chi connectivity index (χ1) is 25.2. The molecule has 0 amide bonds. The van der Waals surface area contributed by atoms with Gasteiger partial charge in [-0.2, -0.15) is 0 Å². The largest absolute Gasteiger partial charge is 0.507 e. The zero-order valence-electron chi connectivity index (χ0n) is 27.4. The molecule has 0 radical (unpaired) electrons. The maximum Gasteiger partial charge on any atom is 0.149 e. The molecule has 5 heteroatoms. The highest BCUT2D eigenvalue weighted by Crippen LogP contribution is 2.43. The first-order valence-corrected chi connectivity index (χ1v) is 17.0. The molecule has 0 saturated carbocycles. The van der Waals surface area contributed by atoms with E-state index in [1.54, 1.807) is 6.07 Å². The van der Waals surface area contributed by atoms with Gasteiger partial charge in [0.2, 0.25) is 0 Å². The van der Waals surface area contributed by atoms with E-state index in [9.17, 15) is 5.11 Å². The van der Waals surface area contributed by atoms with Crippen molar-refractivity contribution < 1.29 is 9.52 Å². The van der Waals surface area contributed by atoms with Crippen LogP contribution < -0.4 is 0 Å². The molecule has 10 aromatic rings. The summed E-state index contributed by atoms with van der Waals surface area (Å²) >= 11 is 0. The van der Waals surface area contributed by atoms with Crippen molar-refractivity contribution in [3.63, 3.8) is 0 Å². The molecule has 7 aromatic carbocycles. The first kappa shape index (κ1) is 29.0. The predicted octanol–water partition coefficient (Wildman–Crippen LogP) is 11.8. The van der Waals surface area contributed by atoms with Crippen molar-refractivity contribution in [2.45, 2.75) is 0 Å². The van der Waals surface area contributed by atoms with Gasteiger partial charge < -0.3 is 9.52 Å². The Bertz CT molecular complexity index is 2920. The summed E-state index contributed by atoms with van der Waals surface area (Å²) in [6.07, 6.45) is 1.83. The van der Waals surface area contributed by atoms with Crippen molar-refractivity contribution in [1.82, 2.24) is 14.5 Å². The summed E-state index contributed by atoms with van der Waals surface area (Å²) < 4.78 is 8.57. The zero-order chi connectivity index (χ0) is 33.9. The van der Waals surface area contributed by atoms with Crippen molar-refractivity contribution in [3.05, 3.63) is 170 Å². The molecule has 0 unspecified atom stereocenters. The van der Waals surface area contributed by atoms with Gasteiger partial charge in [0.05, 0.1) is 27.7 Å². The molecule has 10 rings (SSSR count). The van der Waals surface area contributed by atoms with Crippen LogP contribution in [0.1, 0.15) is 0 Å². The number of hydrogen-bond acceptors (Lipinski definition) is 4. The average Bonchev–Trinajstić information content (AvgIpc) is 3.78. The van der Waals surface area contributed by atoms with Gasteiger partial charge in [0.25, 0.3) is 0 Å². The molecule has 240 valence electrons. The van der Waals surface area contributed by atoms with Crippen LogP contribution in [0.5, 0.6) is 5.75 Å². The number of aromatic nitrogens is 3. The van der Waals surface area contributed by atoms with Crippen molar-refractivity contribution in [3.8, 4) is 56.3 Å². The van der Waals surface area contributed by atoms with Crippen LogP contribution in [0.2, 0.25) is 0 Å². The molecule has 3 aromatic heterocycles. The van der Waals surface area contributed by atoms with Crippen LogP contribution in [0.25, 0.3) is 94.3 Å². The Morgan fingerprint density at radius 2 is 1.24 bits per heavy atom. The van der Waals surface area contributed by atoms with E-state index in [-0.39, 0.29) is 5.75 Å². The lowest BCUT2D eigenvalue weighted by Crippen LogP contribution is -1.97. The van der Waals surface area contributed by atoms with Gasteiger partial charge in [-0.1, -0.05) is 103 Å². The molecule has 0 atom stereocenters. The molecule has 0 aliphatic rings. The quantitative estimate of drug-likeness (QED) is 0.200. The fourth-order valence-electron chi connectivity index (χ4n) is 7.43. The number of aromatic hydroxyl groups is 1. The maximum atomic E-state index is 11.0. The number of phenols is 1. The summed E-state index contributed by atoms with van der Waals surface area (Å²) in [5, 5.41) is 15.4. The molecular formula is C46H29N3O2. The molecule has 3 heterocycles.